The van der Waals surface area contributed by atoms with Crippen LogP contribution in [0, 0.1) is 5.92 Å². The highest BCUT2D eigenvalue weighted by Crippen LogP contribution is 2.23. The normalized spacial score (nSPS) is 15.0. The number of carbonyl (C=O) groups is 1. The second-order valence-electron chi connectivity index (χ2n) is 5.93. The molecule has 5 nitrogen and oxygen atoms in total. The van der Waals surface area contributed by atoms with E-state index >= 15 is 0 Å². The Morgan fingerprint density at radius 3 is 2.83 bits per heavy atom. The number of rotatable bonds is 5. The van der Waals surface area contributed by atoms with E-state index in [1.807, 2.05) is 12.1 Å². The van der Waals surface area contributed by atoms with E-state index in [9.17, 15) is 4.79 Å². The largest absolute Gasteiger partial charge is 0.384 e. The van der Waals surface area contributed by atoms with Gasteiger partial charge in [-0.05, 0) is 62.2 Å². The molecule has 126 valence electrons. The predicted molar refractivity (Wildman–Crippen MR) is 97.7 cm³/mol. The zero-order valence-corrected chi connectivity index (χ0v) is 14.1. The van der Waals surface area contributed by atoms with E-state index < -0.39 is 0 Å². The molecule has 0 atom stereocenters. The molecule has 1 saturated heterocycles. The topological polar surface area (TPSA) is 66.0 Å². The van der Waals surface area contributed by atoms with Gasteiger partial charge in [0, 0.05) is 23.5 Å². The van der Waals surface area contributed by atoms with Gasteiger partial charge in [-0.1, -0.05) is 17.7 Å². The quantitative estimate of drug-likeness (QED) is 0.777. The highest BCUT2D eigenvalue weighted by atomic mass is 35.5. The molecule has 2 aromatic rings. The van der Waals surface area contributed by atoms with Crippen LogP contribution in [0.4, 0.5) is 11.5 Å². The third kappa shape index (κ3) is 4.46. The molecule has 2 heterocycles. The Labute approximate surface area is 146 Å². The number of nitrogens with one attached hydrogen (secondary N) is 3. The Hall–Kier alpha value is -2.11. The van der Waals surface area contributed by atoms with Crippen molar-refractivity contribution in [3.05, 3.63) is 53.2 Å². The van der Waals surface area contributed by atoms with Gasteiger partial charge in [0.2, 0.25) is 0 Å². The smallest absolute Gasteiger partial charge is 0.258 e. The standard InChI is InChI=1S/C18H21ClN4O/c19-14-4-5-16(22-12-13-6-9-20-10-7-13)15(11-14)18(24)23-17-3-1-2-8-21-17/h1-5,8,11,13,20,22H,6-7,9-10,12H2,(H,21,23,24). The molecule has 3 rings (SSSR count). The maximum atomic E-state index is 12.6. The summed E-state index contributed by atoms with van der Waals surface area (Å²) in [6.07, 6.45) is 3.94. The number of benzene rings is 1. The molecule has 0 radical (unpaired) electrons. The number of halogens is 1. The van der Waals surface area contributed by atoms with Crippen molar-refractivity contribution in [1.29, 1.82) is 0 Å². The molecule has 0 unspecified atom stereocenters. The maximum Gasteiger partial charge on any atom is 0.258 e. The lowest BCUT2D eigenvalue weighted by atomic mass is 9.98. The molecular weight excluding hydrogens is 324 g/mol. The van der Waals surface area contributed by atoms with E-state index in [1.165, 1.54) is 0 Å². The van der Waals surface area contributed by atoms with Crippen LogP contribution in [0.25, 0.3) is 0 Å². The number of nitrogens with zero attached hydrogens (tertiary/aromatic N) is 1. The summed E-state index contributed by atoms with van der Waals surface area (Å²) in [7, 11) is 0. The molecular formula is C18H21ClN4O. The van der Waals surface area contributed by atoms with Gasteiger partial charge in [-0.25, -0.2) is 4.98 Å². The lowest BCUT2D eigenvalue weighted by molar-refractivity contribution is 0.102. The maximum absolute atomic E-state index is 12.6. The molecule has 3 N–H and O–H groups in total. The molecule has 1 amide bonds. The van der Waals surface area contributed by atoms with E-state index in [1.54, 1.807) is 30.5 Å². The first-order valence-corrected chi connectivity index (χ1v) is 8.56. The lowest BCUT2D eigenvalue weighted by Gasteiger charge is -2.23. The van der Waals surface area contributed by atoms with E-state index in [0.717, 1.165) is 38.2 Å². The van der Waals surface area contributed by atoms with Gasteiger partial charge in [-0.3, -0.25) is 4.79 Å². The molecule has 1 aliphatic heterocycles. The molecule has 1 fully saturated rings. The van der Waals surface area contributed by atoms with Gasteiger partial charge in [0.05, 0.1) is 5.56 Å². The minimum Gasteiger partial charge on any atom is -0.384 e. The summed E-state index contributed by atoms with van der Waals surface area (Å²) >= 11 is 6.08. The van der Waals surface area contributed by atoms with Crippen LogP contribution in [-0.4, -0.2) is 30.5 Å². The predicted octanol–water partition coefficient (Wildman–Crippen LogP) is 3.40. The fraction of sp³-hybridized carbons (Fsp3) is 0.333. The van der Waals surface area contributed by atoms with Gasteiger partial charge >= 0.3 is 0 Å². The molecule has 1 aromatic heterocycles. The molecule has 0 saturated carbocycles. The van der Waals surface area contributed by atoms with Crippen LogP contribution in [-0.2, 0) is 0 Å². The summed E-state index contributed by atoms with van der Waals surface area (Å²) in [5.41, 5.74) is 1.33. The Morgan fingerprint density at radius 1 is 1.25 bits per heavy atom. The second kappa shape index (κ2) is 8.13. The zero-order chi connectivity index (χ0) is 16.8. The molecule has 1 aliphatic rings. The molecule has 0 bridgehead atoms. The summed E-state index contributed by atoms with van der Waals surface area (Å²) in [6.45, 7) is 2.97. The van der Waals surface area contributed by atoms with Crippen LogP contribution in [0.5, 0.6) is 0 Å². The zero-order valence-electron chi connectivity index (χ0n) is 13.4. The first-order valence-electron chi connectivity index (χ1n) is 8.19. The number of hydrogen-bond acceptors (Lipinski definition) is 4. The second-order valence-corrected chi connectivity index (χ2v) is 6.37. The van der Waals surface area contributed by atoms with Crippen molar-refractivity contribution >= 4 is 29.0 Å². The monoisotopic (exact) mass is 344 g/mol. The summed E-state index contributed by atoms with van der Waals surface area (Å²) in [4.78, 5) is 16.7. The Balaban J connectivity index is 1.71. The van der Waals surface area contributed by atoms with Gasteiger partial charge < -0.3 is 16.0 Å². The van der Waals surface area contributed by atoms with Gasteiger partial charge in [0.1, 0.15) is 5.82 Å². The van der Waals surface area contributed by atoms with E-state index in [-0.39, 0.29) is 5.91 Å². The van der Waals surface area contributed by atoms with Gasteiger partial charge in [-0.15, -0.1) is 0 Å². The number of pyridine rings is 1. The summed E-state index contributed by atoms with van der Waals surface area (Å²) < 4.78 is 0. The van der Waals surface area contributed by atoms with Crippen molar-refractivity contribution in [3.63, 3.8) is 0 Å². The van der Waals surface area contributed by atoms with E-state index in [4.69, 9.17) is 11.6 Å². The minimum atomic E-state index is -0.219. The van der Waals surface area contributed by atoms with Crippen molar-refractivity contribution < 1.29 is 4.79 Å². The highest BCUT2D eigenvalue weighted by Gasteiger charge is 2.16. The molecule has 6 heteroatoms. The number of amides is 1. The lowest BCUT2D eigenvalue weighted by Crippen LogP contribution is -2.31. The number of carbonyl (C=O) groups excluding carboxylic acids is 1. The third-order valence-corrected chi connectivity index (χ3v) is 4.41. The van der Waals surface area contributed by atoms with Crippen molar-refractivity contribution in [2.45, 2.75) is 12.8 Å². The summed E-state index contributed by atoms with van der Waals surface area (Å²) in [5.74, 6) is 0.921. The van der Waals surface area contributed by atoms with Gasteiger partial charge in [0.25, 0.3) is 5.91 Å². The van der Waals surface area contributed by atoms with Crippen LogP contribution in [0.15, 0.2) is 42.6 Å². The first kappa shape index (κ1) is 16.7. The Morgan fingerprint density at radius 2 is 2.08 bits per heavy atom. The number of anilines is 2. The fourth-order valence-corrected chi connectivity index (χ4v) is 2.99. The van der Waals surface area contributed by atoms with Crippen molar-refractivity contribution in [1.82, 2.24) is 10.3 Å². The van der Waals surface area contributed by atoms with Crippen LogP contribution in [0.1, 0.15) is 23.2 Å². The number of aromatic nitrogens is 1. The minimum absolute atomic E-state index is 0.219. The van der Waals surface area contributed by atoms with Crippen molar-refractivity contribution in [2.24, 2.45) is 5.92 Å². The average Bonchev–Trinajstić information content (AvgIpc) is 2.62. The number of piperidine rings is 1. The summed E-state index contributed by atoms with van der Waals surface area (Å²) in [6, 6.07) is 10.7. The third-order valence-electron chi connectivity index (χ3n) is 4.17. The first-order chi connectivity index (χ1) is 11.7. The Bertz CT molecular complexity index is 687. The van der Waals surface area contributed by atoms with Crippen molar-refractivity contribution in [3.8, 4) is 0 Å². The molecule has 24 heavy (non-hydrogen) atoms. The van der Waals surface area contributed by atoms with E-state index in [2.05, 4.69) is 20.9 Å². The Kier molecular flexibility index (Phi) is 5.67. The number of hydrogen-bond donors (Lipinski definition) is 3. The average molecular weight is 345 g/mol. The van der Waals surface area contributed by atoms with Crippen LogP contribution in [0.3, 0.4) is 0 Å². The highest BCUT2D eigenvalue weighted by molar-refractivity contribution is 6.31. The van der Waals surface area contributed by atoms with Gasteiger partial charge in [0.15, 0.2) is 0 Å². The summed E-state index contributed by atoms with van der Waals surface area (Å²) in [5, 5.41) is 10.1. The van der Waals surface area contributed by atoms with Gasteiger partial charge in [-0.2, -0.15) is 0 Å². The van der Waals surface area contributed by atoms with E-state index in [0.29, 0.717) is 22.3 Å². The van der Waals surface area contributed by atoms with Crippen LogP contribution in [0.2, 0.25) is 5.02 Å². The van der Waals surface area contributed by atoms with Crippen LogP contribution < -0.4 is 16.0 Å². The fourth-order valence-electron chi connectivity index (χ4n) is 2.82. The van der Waals surface area contributed by atoms with Crippen molar-refractivity contribution in [2.75, 3.05) is 30.3 Å². The van der Waals surface area contributed by atoms with Crippen LogP contribution >= 0.6 is 11.6 Å². The molecule has 1 aromatic carbocycles. The molecule has 0 aliphatic carbocycles. The SMILES string of the molecule is O=C(Nc1ccccn1)c1cc(Cl)ccc1NCC1CCNCC1. The molecule has 0 spiro atoms.